The van der Waals surface area contributed by atoms with Gasteiger partial charge >= 0.3 is 0 Å². The van der Waals surface area contributed by atoms with Crippen LogP contribution < -0.4 is 11.1 Å². The molecule has 0 saturated heterocycles. The van der Waals surface area contributed by atoms with E-state index in [1.54, 1.807) is 0 Å². The van der Waals surface area contributed by atoms with Crippen molar-refractivity contribution < 1.29 is 9.72 Å². The third kappa shape index (κ3) is 4.24. The minimum atomic E-state index is -0.471. The predicted molar refractivity (Wildman–Crippen MR) is 79.9 cm³/mol. The molecule has 1 aromatic rings. The molecular weight excluding hydrogens is 272 g/mol. The maximum atomic E-state index is 12.0. The first-order valence-electron chi connectivity index (χ1n) is 6.96. The van der Waals surface area contributed by atoms with E-state index in [2.05, 4.69) is 5.32 Å². The van der Waals surface area contributed by atoms with Crippen LogP contribution in [0.4, 0.5) is 11.4 Å². The molecule has 7 nitrogen and oxygen atoms in total. The maximum absolute atomic E-state index is 12.0. The quantitative estimate of drug-likeness (QED) is 0.581. The zero-order valence-corrected chi connectivity index (χ0v) is 12.0. The average Bonchev–Trinajstić information content (AvgIpc) is 3.24. The topological polar surface area (TPSA) is 102 Å². The molecule has 1 amide bonds. The molecule has 1 aliphatic rings. The molecule has 2 rings (SSSR count). The van der Waals surface area contributed by atoms with Crippen molar-refractivity contribution >= 4 is 17.3 Å². The lowest BCUT2D eigenvalue weighted by Crippen LogP contribution is -2.43. The molecule has 1 aromatic carbocycles. The first-order chi connectivity index (χ1) is 10.0. The largest absolute Gasteiger partial charge is 0.329 e. The van der Waals surface area contributed by atoms with E-state index < -0.39 is 4.92 Å². The van der Waals surface area contributed by atoms with E-state index in [1.165, 1.54) is 37.1 Å². The first kappa shape index (κ1) is 15.4. The summed E-state index contributed by atoms with van der Waals surface area (Å²) in [5.74, 6) is 0.456. The van der Waals surface area contributed by atoms with Crippen molar-refractivity contribution in [2.45, 2.75) is 18.9 Å². The zero-order valence-electron chi connectivity index (χ0n) is 12.0. The summed E-state index contributed by atoms with van der Waals surface area (Å²) in [6.45, 7) is 0.807. The highest BCUT2D eigenvalue weighted by atomic mass is 16.6. The molecule has 1 unspecified atom stereocenters. The number of nitrogens with one attached hydrogen (secondary N) is 1. The van der Waals surface area contributed by atoms with E-state index in [0.29, 0.717) is 18.2 Å². The summed E-state index contributed by atoms with van der Waals surface area (Å²) < 4.78 is 0. The van der Waals surface area contributed by atoms with Gasteiger partial charge in [0.15, 0.2) is 0 Å². The van der Waals surface area contributed by atoms with Crippen molar-refractivity contribution in [3.8, 4) is 0 Å². The molecule has 1 aliphatic carbocycles. The molecule has 21 heavy (non-hydrogen) atoms. The summed E-state index contributed by atoms with van der Waals surface area (Å²) >= 11 is 0. The maximum Gasteiger partial charge on any atom is 0.269 e. The highest BCUT2D eigenvalue weighted by Crippen LogP contribution is 2.34. The summed E-state index contributed by atoms with van der Waals surface area (Å²) in [5.41, 5.74) is 6.30. The molecule has 0 heterocycles. The fourth-order valence-electron chi connectivity index (χ4n) is 2.42. The Bertz CT molecular complexity index is 513. The van der Waals surface area contributed by atoms with Crippen LogP contribution in [-0.2, 0) is 4.79 Å². The number of nitrogens with zero attached hydrogens (tertiary/aromatic N) is 2. The van der Waals surface area contributed by atoms with E-state index >= 15 is 0 Å². The van der Waals surface area contributed by atoms with Gasteiger partial charge < -0.3 is 11.1 Å². The van der Waals surface area contributed by atoms with Gasteiger partial charge in [-0.15, -0.1) is 0 Å². The van der Waals surface area contributed by atoms with E-state index in [1.807, 2.05) is 11.9 Å². The molecule has 0 bridgehead atoms. The summed E-state index contributed by atoms with van der Waals surface area (Å²) in [4.78, 5) is 24.0. The fourth-order valence-corrected chi connectivity index (χ4v) is 2.42. The molecule has 0 spiro atoms. The Balaban J connectivity index is 1.87. The van der Waals surface area contributed by atoms with Gasteiger partial charge in [0.1, 0.15) is 0 Å². The number of rotatable bonds is 7. The lowest BCUT2D eigenvalue weighted by molar-refractivity contribution is -0.384. The van der Waals surface area contributed by atoms with Crippen molar-refractivity contribution in [3.63, 3.8) is 0 Å². The molecule has 7 heteroatoms. The predicted octanol–water partition coefficient (Wildman–Crippen LogP) is 1.20. The highest BCUT2D eigenvalue weighted by Gasteiger charge is 2.33. The number of nitrogens with two attached hydrogens (primary N) is 1. The van der Waals surface area contributed by atoms with Crippen LogP contribution in [0.15, 0.2) is 24.3 Å². The van der Waals surface area contributed by atoms with Crippen molar-refractivity contribution in [3.05, 3.63) is 34.4 Å². The standard InChI is InChI=1S/C14H20N4O3/c1-17(13(8-15)10-2-3-10)9-14(19)16-11-4-6-12(7-5-11)18(20)21/h4-7,10,13H,2-3,8-9,15H2,1H3,(H,16,19). The van der Waals surface area contributed by atoms with Crippen LogP contribution in [0.2, 0.25) is 0 Å². The molecule has 1 fully saturated rings. The van der Waals surface area contributed by atoms with Gasteiger partial charge in [-0.1, -0.05) is 0 Å². The molecule has 0 aromatic heterocycles. The third-order valence-corrected chi connectivity index (χ3v) is 3.73. The fraction of sp³-hybridized carbons (Fsp3) is 0.500. The van der Waals surface area contributed by atoms with E-state index in [9.17, 15) is 14.9 Å². The number of anilines is 1. The number of hydrogen-bond acceptors (Lipinski definition) is 5. The van der Waals surface area contributed by atoms with Crippen molar-refractivity contribution in [2.24, 2.45) is 11.7 Å². The second-order valence-corrected chi connectivity index (χ2v) is 5.41. The van der Waals surface area contributed by atoms with Crippen molar-refractivity contribution in [2.75, 3.05) is 25.5 Å². The van der Waals surface area contributed by atoms with Crippen LogP contribution in [-0.4, -0.2) is 41.9 Å². The van der Waals surface area contributed by atoms with E-state index in [4.69, 9.17) is 5.73 Å². The summed E-state index contributed by atoms with van der Waals surface area (Å²) in [6.07, 6.45) is 2.35. The summed E-state index contributed by atoms with van der Waals surface area (Å²) in [5, 5.41) is 13.3. The Morgan fingerprint density at radius 3 is 2.57 bits per heavy atom. The molecule has 0 aliphatic heterocycles. The van der Waals surface area contributed by atoms with Crippen LogP contribution in [0.5, 0.6) is 0 Å². The van der Waals surface area contributed by atoms with Gasteiger partial charge in [-0.3, -0.25) is 19.8 Å². The molecule has 3 N–H and O–H groups in total. The number of carbonyl (C=O) groups is 1. The monoisotopic (exact) mass is 292 g/mol. The Labute approximate surface area is 123 Å². The number of likely N-dealkylation sites (N-methyl/N-ethyl adjacent to an activating group) is 1. The molecule has 114 valence electrons. The summed E-state index contributed by atoms with van der Waals surface area (Å²) in [6, 6.07) is 6.03. The second-order valence-electron chi connectivity index (χ2n) is 5.41. The average molecular weight is 292 g/mol. The minimum Gasteiger partial charge on any atom is -0.329 e. The van der Waals surface area contributed by atoms with Crippen molar-refractivity contribution in [1.82, 2.24) is 4.90 Å². The lowest BCUT2D eigenvalue weighted by atomic mass is 10.1. The van der Waals surface area contributed by atoms with Gasteiger partial charge in [0.2, 0.25) is 5.91 Å². The van der Waals surface area contributed by atoms with Crippen LogP contribution in [0, 0.1) is 16.0 Å². The molecule has 1 saturated carbocycles. The third-order valence-electron chi connectivity index (χ3n) is 3.73. The highest BCUT2D eigenvalue weighted by molar-refractivity contribution is 5.92. The van der Waals surface area contributed by atoms with Gasteiger partial charge in [0.05, 0.1) is 11.5 Å². The second kappa shape index (κ2) is 6.64. The van der Waals surface area contributed by atoms with Crippen LogP contribution in [0.25, 0.3) is 0 Å². The Morgan fingerprint density at radius 2 is 2.10 bits per heavy atom. The number of benzene rings is 1. The SMILES string of the molecule is CN(CC(=O)Nc1ccc([N+](=O)[O-])cc1)C(CN)C1CC1. The van der Waals surface area contributed by atoms with Gasteiger partial charge in [0, 0.05) is 30.4 Å². The Kier molecular flexibility index (Phi) is 4.87. The van der Waals surface area contributed by atoms with Crippen LogP contribution >= 0.6 is 0 Å². The number of carbonyl (C=O) groups excluding carboxylic acids is 1. The molecule has 0 radical (unpaired) electrons. The number of nitro groups is 1. The number of nitro benzene ring substituents is 1. The van der Waals surface area contributed by atoms with Crippen LogP contribution in [0.3, 0.4) is 0 Å². The number of amides is 1. The number of hydrogen-bond donors (Lipinski definition) is 2. The number of non-ortho nitro benzene ring substituents is 1. The first-order valence-corrected chi connectivity index (χ1v) is 6.96. The van der Waals surface area contributed by atoms with Gasteiger partial charge in [-0.2, -0.15) is 0 Å². The normalized spacial score (nSPS) is 15.8. The lowest BCUT2D eigenvalue weighted by Gasteiger charge is -2.26. The Hall–Kier alpha value is -1.99. The molecular formula is C14H20N4O3. The van der Waals surface area contributed by atoms with Crippen molar-refractivity contribution in [1.29, 1.82) is 0 Å². The van der Waals surface area contributed by atoms with Gasteiger partial charge in [-0.25, -0.2) is 0 Å². The zero-order chi connectivity index (χ0) is 15.4. The van der Waals surface area contributed by atoms with E-state index in [0.717, 1.165) is 0 Å². The van der Waals surface area contributed by atoms with Gasteiger partial charge in [-0.05, 0) is 37.9 Å². The smallest absolute Gasteiger partial charge is 0.269 e. The molecule has 1 atom stereocenters. The van der Waals surface area contributed by atoms with Crippen LogP contribution in [0.1, 0.15) is 12.8 Å². The Morgan fingerprint density at radius 1 is 1.48 bits per heavy atom. The minimum absolute atomic E-state index is 0.00189. The van der Waals surface area contributed by atoms with Gasteiger partial charge in [0.25, 0.3) is 5.69 Å². The van der Waals surface area contributed by atoms with E-state index in [-0.39, 0.29) is 24.2 Å². The summed E-state index contributed by atoms with van der Waals surface area (Å²) in [7, 11) is 1.89.